The van der Waals surface area contributed by atoms with Crippen LogP contribution in [0.25, 0.3) is 0 Å². The SMILES string of the molecule is CCCCn1cccc1C(=O)c1c(CCC)cc2n1CCC2C(=O)O. The lowest BCUT2D eigenvalue weighted by molar-refractivity contribution is -0.138. The number of rotatable bonds is 8. The van der Waals surface area contributed by atoms with Gasteiger partial charge in [-0.3, -0.25) is 9.59 Å². The maximum Gasteiger partial charge on any atom is 0.312 e. The zero-order valence-corrected chi connectivity index (χ0v) is 15.0. The van der Waals surface area contributed by atoms with Gasteiger partial charge < -0.3 is 14.2 Å². The lowest BCUT2D eigenvalue weighted by atomic mass is 10.0. The standard InChI is InChI=1S/C20H26N2O3/c1-3-5-10-21-11-6-8-16(21)19(23)18-14(7-4-2)13-17-15(20(24)25)9-12-22(17)18/h6,8,11,13,15H,3-5,7,9-10,12H2,1-2H3,(H,24,25). The Kier molecular flexibility index (Phi) is 5.11. The molecule has 1 aliphatic heterocycles. The quantitative estimate of drug-likeness (QED) is 0.741. The molecule has 2 aromatic rings. The van der Waals surface area contributed by atoms with Crippen LogP contribution in [0.3, 0.4) is 0 Å². The summed E-state index contributed by atoms with van der Waals surface area (Å²) in [6, 6.07) is 5.73. The molecular weight excluding hydrogens is 316 g/mol. The normalized spacial score (nSPS) is 16.2. The van der Waals surface area contributed by atoms with Gasteiger partial charge in [-0.25, -0.2) is 0 Å². The Morgan fingerprint density at radius 3 is 2.76 bits per heavy atom. The Morgan fingerprint density at radius 1 is 1.28 bits per heavy atom. The second-order valence-electron chi connectivity index (χ2n) is 6.79. The van der Waals surface area contributed by atoms with Gasteiger partial charge in [0.25, 0.3) is 0 Å². The van der Waals surface area contributed by atoms with Crippen molar-refractivity contribution < 1.29 is 14.7 Å². The van der Waals surface area contributed by atoms with Crippen LogP contribution < -0.4 is 0 Å². The number of hydrogen-bond donors (Lipinski definition) is 1. The average Bonchev–Trinajstić information content (AvgIpc) is 3.26. The molecule has 1 aliphatic rings. The molecule has 1 unspecified atom stereocenters. The molecule has 3 rings (SSSR count). The summed E-state index contributed by atoms with van der Waals surface area (Å²) in [7, 11) is 0. The van der Waals surface area contributed by atoms with E-state index in [-0.39, 0.29) is 5.78 Å². The highest BCUT2D eigenvalue weighted by molar-refractivity contribution is 6.08. The summed E-state index contributed by atoms with van der Waals surface area (Å²) < 4.78 is 3.97. The van der Waals surface area contributed by atoms with E-state index in [0.29, 0.717) is 24.4 Å². The van der Waals surface area contributed by atoms with Crippen molar-refractivity contribution in [3.05, 3.63) is 47.0 Å². The van der Waals surface area contributed by atoms with Gasteiger partial charge in [0.05, 0.1) is 17.3 Å². The van der Waals surface area contributed by atoms with Crippen LogP contribution in [0.4, 0.5) is 0 Å². The molecule has 5 nitrogen and oxygen atoms in total. The van der Waals surface area contributed by atoms with E-state index in [1.807, 2.05) is 33.5 Å². The Labute approximate surface area is 148 Å². The van der Waals surface area contributed by atoms with Gasteiger partial charge in [0.15, 0.2) is 0 Å². The number of ketones is 1. The summed E-state index contributed by atoms with van der Waals surface area (Å²) in [5.41, 5.74) is 3.16. The number of carbonyl (C=O) groups is 2. The van der Waals surface area contributed by atoms with Gasteiger partial charge in [0, 0.05) is 25.0 Å². The Balaban J connectivity index is 2.02. The summed E-state index contributed by atoms with van der Waals surface area (Å²) >= 11 is 0. The zero-order chi connectivity index (χ0) is 18.0. The zero-order valence-electron chi connectivity index (χ0n) is 15.0. The van der Waals surface area contributed by atoms with E-state index >= 15 is 0 Å². The molecule has 0 aromatic carbocycles. The molecule has 3 heterocycles. The second-order valence-corrected chi connectivity index (χ2v) is 6.79. The maximum absolute atomic E-state index is 13.3. The molecule has 1 N–H and O–H groups in total. The van der Waals surface area contributed by atoms with Gasteiger partial charge in [0.1, 0.15) is 0 Å². The summed E-state index contributed by atoms with van der Waals surface area (Å²) in [5, 5.41) is 9.45. The van der Waals surface area contributed by atoms with Crippen LogP contribution in [0, 0.1) is 0 Å². The first kappa shape index (κ1) is 17.5. The number of carboxylic acid groups (broad SMARTS) is 1. The van der Waals surface area contributed by atoms with Crippen LogP contribution in [0.1, 0.15) is 72.9 Å². The monoisotopic (exact) mass is 342 g/mol. The number of aliphatic carboxylic acids is 1. The van der Waals surface area contributed by atoms with Crippen molar-refractivity contribution in [2.24, 2.45) is 0 Å². The third-order valence-electron chi connectivity index (χ3n) is 5.05. The first-order valence-electron chi connectivity index (χ1n) is 9.23. The van der Waals surface area contributed by atoms with Crippen LogP contribution >= 0.6 is 0 Å². The Morgan fingerprint density at radius 2 is 2.08 bits per heavy atom. The van der Waals surface area contributed by atoms with Gasteiger partial charge in [-0.15, -0.1) is 0 Å². The van der Waals surface area contributed by atoms with Crippen molar-refractivity contribution in [1.82, 2.24) is 9.13 Å². The molecule has 0 amide bonds. The molecule has 0 radical (unpaired) electrons. The third kappa shape index (κ3) is 3.15. The molecule has 0 spiro atoms. The molecular formula is C20H26N2O3. The van der Waals surface area contributed by atoms with Crippen molar-refractivity contribution in [1.29, 1.82) is 0 Å². The van der Waals surface area contributed by atoms with E-state index in [2.05, 4.69) is 13.8 Å². The average molecular weight is 342 g/mol. The molecule has 0 aliphatic carbocycles. The van der Waals surface area contributed by atoms with E-state index in [1.54, 1.807) is 0 Å². The summed E-state index contributed by atoms with van der Waals surface area (Å²) in [4.78, 5) is 24.8. The predicted molar refractivity (Wildman–Crippen MR) is 96.2 cm³/mol. The largest absolute Gasteiger partial charge is 0.481 e. The van der Waals surface area contributed by atoms with Gasteiger partial charge in [-0.2, -0.15) is 0 Å². The van der Waals surface area contributed by atoms with Crippen LogP contribution in [0.2, 0.25) is 0 Å². The van der Waals surface area contributed by atoms with Crippen molar-refractivity contribution in [3.63, 3.8) is 0 Å². The van der Waals surface area contributed by atoms with Crippen LogP contribution in [0.5, 0.6) is 0 Å². The number of nitrogens with zero attached hydrogens (tertiary/aromatic N) is 2. The van der Waals surface area contributed by atoms with E-state index in [4.69, 9.17) is 0 Å². The van der Waals surface area contributed by atoms with Crippen molar-refractivity contribution in [2.75, 3.05) is 0 Å². The number of aryl methyl sites for hydroxylation is 2. The van der Waals surface area contributed by atoms with Gasteiger partial charge in [0.2, 0.25) is 5.78 Å². The van der Waals surface area contributed by atoms with Crippen LogP contribution in [-0.2, 0) is 24.3 Å². The fourth-order valence-electron chi connectivity index (χ4n) is 3.81. The van der Waals surface area contributed by atoms with Crippen LogP contribution in [-0.4, -0.2) is 26.0 Å². The van der Waals surface area contributed by atoms with E-state index < -0.39 is 11.9 Å². The van der Waals surface area contributed by atoms with Crippen molar-refractivity contribution in [3.8, 4) is 0 Å². The summed E-state index contributed by atoms with van der Waals surface area (Å²) in [6.07, 6.45) is 6.35. The smallest absolute Gasteiger partial charge is 0.312 e. The number of fused-ring (bicyclic) bond motifs is 1. The molecule has 2 aromatic heterocycles. The number of carbonyl (C=O) groups excluding carboxylic acids is 1. The Hall–Kier alpha value is -2.30. The number of carboxylic acids is 1. The fourth-order valence-corrected chi connectivity index (χ4v) is 3.81. The van der Waals surface area contributed by atoms with Gasteiger partial charge in [-0.1, -0.05) is 26.7 Å². The molecule has 0 saturated heterocycles. The minimum atomic E-state index is -0.801. The third-order valence-corrected chi connectivity index (χ3v) is 5.05. The first-order chi connectivity index (χ1) is 12.1. The summed E-state index contributed by atoms with van der Waals surface area (Å²) in [6.45, 7) is 5.65. The molecule has 134 valence electrons. The van der Waals surface area contributed by atoms with Gasteiger partial charge in [-0.05, 0) is 43.0 Å². The lowest BCUT2D eigenvalue weighted by Crippen LogP contribution is -2.15. The second kappa shape index (κ2) is 7.30. The molecule has 25 heavy (non-hydrogen) atoms. The molecule has 0 saturated carbocycles. The minimum Gasteiger partial charge on any atom is -0.481 e. The predicted octanol–water partition coefficient (Wildman–Crippen LogP) is 3.85. The highest BCUT2D eigenvalue weighted by atomic mass is 16.4. The highest BCUT2D eigenvalue weighted by Gasteiger charge is 2.34. The van der Waals surface area contributed by atoms with Gasteiger partial charge >= 0.3 is 5.97 Å². The van der Waals surface area contributed by atoms with E-state index in [1.165, 1.54) is 0 Å². The number of aromatic nitrogens is 2. The molecule has 5 heteroatoms. The molecule has 1 atom stereocenters. The topological polar surface area (TPSA) is 64.2 Å². The van der Waals surface area contributed by atoms with Crippen LogP contribution in [0.15, 0.2) is 24.4 Å². The minimum absolute atomic E-state index is 0.0156. The Bertz CT molecular complexity index is 785. The van der Waals surface area contributed by atoms with E-state index in [9.17, 15) is 14.7 Å². The van der Waals surface area contributed by atoms with E-state index in [0.717, 1.165) is 43.5 Å². The lowest BCUT2D eigenvalue weighted by Gasteiger charge is -2.11. The van der Waals surface area contributed by atoms with Crippen molar-refractivity contribution in [2.45, 2.75) is 65.0 Å². The first-order valence-corrected chi connectivity index (χ1v) is 9.23. The van der Waals surface area contributed by atoms with Crippen molar-refractivity contribution >= 4 is 11.8 Å². The highest BCUT2D eigenvalue weighted by Crippen LogP contribution is 2.34. The molecule has 0 fully saturated rings. The summed E-state index contributed by atoms with van der Waals surface area (Å²) in [5.74, 6) is -1.28. The number of hydrogen-bond acceptors (Lipinski definition) is 2. The molecule has 0 bridgehead atoms. The number of unbranched alkanes of at least 4 members (excludes halogenated alkanes) is 1. The maximum atomic E-state index is 13.3. The fraction of sp³-hybridized carbons (Fsp3) is 0.500.